The molecule has 0 aliphatic carbocycles. The van der Waals surface area contributed by atoms with Crippen molar-refractivity contribution in [1.29, 1.82) is 0 Å². The first-order chi connectivity index (χ1) is 8.59. The van der Waals surface area contributed by atoms with Crippen LogP contribution in [0, 0.1) is 0 Å². The largest absolute Gasteiger partial charge is 0.466 e. The van der Waals surface area contributed by atoms with E-state index in [2.05, 4.69) is 15.3 Å². The van der Waals surface area contributed by atoms with Gasteiger partial charge in [-0.3, -0.25) is 5.32 Å². The summed E-state index contributed by atoms with van der Waals surface area (Å²) in [7, 11) is -4.64. The Bertz CT molecular complexity index is 596. The van der Waals surface area contributed by atoms with E-state index in [1.165, 1.54) is 0 Å². The summed E-state index contributed by atoms with van der Waals surface area (Å²) in [6.45, 7) is 1.61. The lowest BCUT2D eigenvalue weighted by Crippen LogP contribution is -2.41. The molecule has 0 radical (unpaired) electrons. The van der Waals surface area contributed by atoms with Gasteiger partial charge in [-0.2, -0.15) is 0 Å². The highest BCUT2D eigenvalue weighted by Crippen LogP contribution is 2.25. The molecular formula is C9H12N3O6P. The molecule has 0 aromatic heterocycles. The van der Waals surface area contributed by atoms with E-state index in [1.54, 1.807) is 19.1 Å². The van der Waals surface area contributed by atoms with Crippen molar-refractivity contribution in [2.45, 2.75) is 12.7 Å². The molecule has 1 aromatic carbocycles. The van der Waals surface area contributed by atoms with Gasteiger partial charge in [-0.25, -0.2) is 19.3 Å². The van der Waals surface area contributed by atoms with Gasteiger partial charge in [-0.1, -0.05) is 12.1 Å². The van der Waals surface area contributed by atoms with Gasteiger partial charge in [-0.05, 0) is 12.1 Å². The van der Waals surface area contributed by atoms with E-state index < -0.39 is 19.7 Å². The van der Waals surface area contributed by atoms with Crippen LogP contribution in [0.1, 0.15) is 6.92 Å². The fraction of sp³-hybridized carbons (Fsp3) is 0.222. The second-order valence-corrected chi connectivity index (χ2v) is 4.70. The number of nitrogens with zero attached hydrogens (tertiary/aromatic N) is 2. The van der Waals surface area contributed by atoms with E-state index in [4.69, 9.17) is 24.4 Å². The van der Waals surface area contributed by atoms with Gasteiger partial charge in [-0.15, -0.1) is 0 Å². The van der Waals surface area contributed by atoms with E-state index in [1.807, 2.05) is 12.1 Å². The number of carbonyl (C=O) groups is 1. The minimum atomic E-state index is -4.64. The van der Waals surface area contributed by atoms with Crippen LogP contribution in [0.2, 0.25) is 0 Å². The standard InChI is InChI=1S/C9H9N3O2.H3O4P/c1-9(12-8(13)14)10-6-4-2-3-5-7(6)11-9;1-5(2,3)4/h2-5,12H,1H3,(H,13,14);(H3,1,2,3,4). The van der Waals surface area contributed by atoms with Crippen molar-refractivity contribution in [1.82, 2.24) is 5.32 Å². The second-order valence-electron chi connectivity index (χ2n) is 3.68. The number of amides is 1. The summed E-state index contributed by atoms with van der Waals surface area (Å²) in [5, 5.41) is 12.3. The van der Waals surface area contributed by atoms with Crippen LogP contribution in [-0.2, 0) is 4.57 Å². The van der Waals surface area contributed by atoms with Crippen LogP contribution in [0.5, 0.6) is 0 Å². The topological polar surface area (TPSA) is 152 Å². The highest BCUT2D eigenvalue weighted by atomic mass is 31.2. The summed E-state index contributed by atoms with van der Waals surface area (Å²) in [5.74, 6) is -1.07. The van der Waals surface area contributed by atoms with Crippen LogP contribution in [0.25, 0.3) is 0 Å². The number of nitrogens with one attached hydrogen (secondary N) is 1. The predicted molar refractivity (Wildman–Crippen MR) is 62.6 cm³/mol. The van der Waals surface area contributed by atoms with Gasteiger partial charge in [0.1, 0.15) is 0 Å². The molecule has 1 aromatic rings. The lowest BCUT2D eigenvalue weighted by atomic mass is 10.3. The molecule has 0 bridgehead atoms. The van der Waals surface area contributed by atoms with Gasteiger partial charge < -0.3 is 19.8 Å². The SMILES string of the molecule is CC1(NC(=O)O)N=c2ccccc2=N1.O=P(O)(O)O. The zero-order valence-electron chi connectivity index (χ0n) is 9.76. The summed E-state index contributed by atoms with van der Waals surface area (Å²) >= 11 is 0. The van der Waals surface area contributed by atoms with E-state index in [0.717, 1.165) is 0 Å². The molecule has 2 rings (SSSR count). The first-order valence-corrected chi connectivity index (χ1v) is 6.50. The number of carboxylic acid groups (broad SMARTS) is 1. The minimum Gasteiger partial charge on any atom is -0.465 e. The van der Waals surface area contributed by atoms with Crippen molar-refractivity contribution in [2.24, 2.45) is 9.98 Å². The lowest BCUT2D eigenvalue weighted by Gasteiger charge is -2.16. The summed E-state index contributed by atoms with van der Waals surface area (Å²) in [5.41, 5.74) is 0. The summed E-state index contributed by atoms with van der Waals surface area (Å²) in [6, 6.07) is 7.27. The van der Waals surface area contributed by atoms with Crippen LogP contribution in [0.4, 0.5) is 4.79 Å². The number of rotatable bonds is 1. The molecule has 19 heavy (non-hydrogen) atoms. The molecule has 1 amide bonds. The Hall–Kier alpha value is -1.80. The summed E-state index contributed by atoms with van der Waals surface area (Å²) in [4.78, 5) is 40.4. The van der Waals surface area contributed by atoms with Gasteiger partial charge >= 0.3 is 13.9 Å². The van der Waals surface area contributed by atoms with Crippen molar-refractivity contribution >= 4 is 13.9 Å². The third-order valence-corrected chi connectivity index (χ3v) is 1.90. The molecule has 0 spiro atoms. The number of fused-ring (bicyclic) bond motifs is 1. The third-order valence-electron chi connectivity index (χ3n) is 1.90. The Balaban J connectivity index is 0.000000312. The van der Waals surface area contributed by atoms with Gasteiger partial charge in [0.2, 0.25) is 5.79 Å². The maximum Gasteiger partial charge on any atom is 0.466 e. The van der Waals surface area contributed by atoms with Gasteiger partial charge in [0.15, 0.2) is 0 Å². The van der Waals surface area contributed by atoms with E-state index >= 15 is 0 Å². The van der Waals surface area contributed by atoms with Crippen molar-refractivity contribution < 1.29 is 29.1 Å². The van der Waals surface area contributed by atoms with Crippen molar-refractivity contribution in [2.75, 3.05) is 0 Å². The molecule has 10 heteroatoms. The smallest absolute Gasteiger partial charge is 0.465 e. The van der Waals surface area contributed by atoms with Crippen LogP contribution in [-0.4, -0.2) is 31.7 Å². The van der Waals surface area contributed by atoms with E-state index in [0.29, 0.717) is 10.7 Å². The molecule has 9 nitrogen and oxygen atoms in total. The Kier molecular flexibility index (Phi) is 4.38. The zero-order valence-corrected chi connectivity index (χ0v) is 10.7. The van der Waals surface area contributed by atoms with Crippen molar-refractivity contribution in [3.63, 3.8) is 0 Å². The number of benzene rings is 1. The van der Waals surface area contributed by atoms with E-state index in [9.17, 15) is 4.79 Å². The summed E-state index contributed by atoms with van der Waals surface area (Å²) in [6.07, 6.45) is -1.13. The number of para-hydroxylation sites is 2. The highest BCUT2D eigenvalue weighted by molar-refractivity contribution is 7.45. The molecule has 5 N–H and O–H groups in total. The Morgan fingerprint density at radius 3 is 1.89 bits per heavy atom. The lowest BCUT2D eigenvalue weighted by molar-refractivity contribution is 0.182. The molecule has 0 saturated heterocycles. The van der Waals surface area contributed by atoms with Crippen LogP contribution < -0.4 is 16.0 Å². The number of phosphoric acid groups is 1. The van der Waals surface area contributed by atoms with Gasteiger partial charge in [0.05, 0.1) is 10.7 Å². The predicted octanol–water partition coefficient (Wildman–Crippen LogP) is -1.05. The van der Waals surface area contributed by atoms with Crippen LogP contribution >= 0.6 is 7.82 Å². The first-order valence-electron chi connectivity index (χ1n) is 4.93. The molecule has 104 valence electrons. The Morgan fingerprint density at radius 1 is 1.21 bits per heavy atom. The normalized spacial score (nSPS) is 15.2. The molecule has 1 heterocycles. The Morgan fingerprint density at radius 2 is 1.58 bits per heavy atom. The van der Waals surface area contributed by atoms with Crippen LogP contribution in [0.15, 0.2) is 34.3 Å². The average molecular weight is 289 g/mol. The molecule has 0 unspecified atom stereocenters. The monoisotopic (exact) mass is 289 g/mol. The number of hydrogen-bond acceptors (Lipinski definition) is 4. The maximum atomic E-state index is 10.5. The Labute approximate surface area is 107 Å². The van der Waals surface area contributed by atoms with Gasteiger partial charge in [0, 0.05) is 6.92 Å². The summed E-state index contributed by atoms with van der Waals surface area (Å²) < 4.78 is 8.88. The zero-order chi connectivity index (χ0) is 14.7. The number of hydrogen-bond donors (Lipinski definition) is 5. The highest BCUT2D eigenvalue weighted by Gasteiger charge is 2.26. The average Bonchev–Trinajstić information content (AvgIpc) is 2.48. The fourth-order valence-electron chi connectivity index (χ4n) is 1.41. The molecule has 0 saturated carbocycles. The molecule has 1 aliphatic rings. The molecule has 0 fully saturated rings. The van der Waals surface area contributed by atoms with Gasteiger partial charge in [0.25, 0.3) is 0 Å². The third kappa shape index (κ3) is 5.58. The van der Waals surface area contributed by atoms with Crippen LogP contribution in [0.3, 0.4) is 0 Å². The molecule has 1 aliphatic heterocycles. The first kappa shape index (κ1) is 15.3. The molecule has 0 atom stereocenters. The second kappa shape index (κ2) is 5.45. The van der Waals surface area contributed by atoms with Crippen molar-refractivity contribution in [3.05, 3.63) is 35.0 Å². The van der Waals surface area contributed by atoms with Crippen molar-refractivity contribution in [3.8, 4) is 0 Å². The van der Waals surface area contributed by atoms with E-state index in [-0.39, 0.29) is 0 Å². The molecular weight excluding hydrogens is 277 g/mol. The minimum absolute atomic E-state index is 0.712. The maximum absolute atomic E-state index is 10.5. The fourth-order valence-corrected chi connectivity index (χ4v) is 1.41. The quantitative estimate of drug-likeness (QED) is 0.416.